The molecule has 5 heteroatoms. The molecular formula is C6H13NO4. The molecule has 1 amide bonds. The third-order valence-electron chi connectivity index (χ3n) is 1.56. The van der Waals surface area contributed by atoms with Gasteiger partial charge in [-0.25, -0.2) is 0 Å². The lowest BCUT2D eigenvalue weighted by atomic mass is 9.87. The summed E-state index contributed by atoms with van der Waals surface area (Å²) in [6.07, 6.45) is -0.212. The van der Waals surface area contributed by atoms with E-state index in [0.29, 0.717) is 0 Å². The average molecular weight is 163 g/mol. The Balaban J connectivity index is 4.16. The number of primary amides is 1. The number of aliphatic hydroxyl groups is 3. The first kappa shape index (κ1) is 10.3. The van der Waals surface area contributed by atoms with Crippen molar-refractivity contribution in [3.05, 3.63) is 0 Å². The zero-order chi connectivity index (χ0) is 8.91. The van der Waals surface area contributed by atoms with E-state index in [-0.39, 0.29) is 6.42 Å². The van der Waals surface area contributed by atoms with E-state index < -0.39 is 31.1 Å². The van der Waals surface area contributed by atoms with Crippen LogP contribution >= 0.6 is 0 Å². The molecule has 66 valence electrons. The molecule has 5 N–H and O–H groups in total. The van der Waals surface area contributed by atoms with Gasteiger partial charge in [-0.15, -0.1) is 0 Å². The van der Waals surface area contributed by atoms with Crippen molar-refractivity contribution in [1.82, 2.24) is 0 Å². The van der Waals surface area contributed by atoms with Crippen molar-refractivity contribution in [3.63, 3.8) is 0 Å². The molecular weight excluding hydrogens is 150 g/mol. The van der Waals surface area contributed by atoms with Crippen LogP contribution in [0.2, 0.25) is 0 Å². The molecule has 0 bridgehead atoms. The third kappa shape index (κ3) is 2.83. The molecule has 0 aliphatic carbocycles. The third-order valence-corrected chi connectivity index (χ3v) is 1.56. The lowest BCUT2D eigenvalue weighted by molar-refractivity contribution is -0.123. The first-order chi connectivity index (χ1) is 5.10. The number of amides is 1. The zero-order valence-corrected chi connectivity index (χ0v) is 6.16. The van der Waals surface area contributed by atoms with Crippen LogP contribution in [0.3, 0.4) is 0 Å². The van der Waals surface area contributed by atoms with Crippen molar-refractivity contribution in [3.8, 4) is 0 Å². The summed E-state index contributed by atoms with van der Waals surface area (Å²) in [6, 6.07) is 0. The van der Waals surface area contributed by atoms with E-state index in [1.807, 2.05) is 0 Å². The molecule has 0 fully saturated rings. The minimum Gasteiger partial charge on any atom is -0.396 e. The second kappa shape index (κ2) is 4.27. The van der Waals surface area contributed by atoms with E-state index in [1.54, 1.807) is 0 Å². The molecule has 0 saturated carbocycles. The monoisotopic (exact) mass is 163 g/mol. The minimum absolute atomic E-state index is 0.212. The quantitative estimate of drug-likeness (QED) is 0.370. The number of hydrogen-bond donors (Lipinski definition) is 4. The highest BCUT2D eigenvalue weighted by atomic mass is 16.3. The Labute approximate surface area is 64.4 Å². The fourth-order valence-corrected chi connectivity index (χ4v) is 0.687. The van der Waals surface area contributed by atoms with Crippen molar-refractivity contribution in [2.45, 2.75) is 6.42 Å². The van der Waals surface area contributed by atoms with Gasteiger partial charge in [0.15, 0.2) is 0 Å². The van der Waals surface area contributed by atoms with Gasteiger partial charge in [0, 0.05) is 11.8 Å². The van der Waals surface area contributed by atoms with Crippen LogP contribution in [0.25, 0.3) is 0 Å². The van der Waals surface area contributed by atoms with Crippen LogP contribution in [-0.2, 0) is 4.79 Å². The Morgan fingerprint density at radius 3 is 1.64 bits per heavy atom. The van der Waals surface area contributed by atoms with Crippen molar-refractivity contribution in [2.24, 2.45) is 11.1 Å². The van der Waals surface area contributed by atoms with Crippen LogP contribution in [0.15, 0.2) is 0 Å². The summed E-state index contributed by atoms with van der Waals surface area (Å²) in [5.74, 6) is -0.651. The van der Waals surface area contributed by atoms with Gasteiger partial charge in [0.05, 0.1) is 19.8 Å². The lowest BCUT2D eigenvalue weighted by Gasteiger charge is -2.25. The van der Waals surface area contributed by atoms with Crippen molar-refractivity contribution < 1.29 is 20.1 Å². The molecule has 0 aliphatic rings. The van der Waals surface area contributed by atoms with Gasteiger partial charge in [-0.1, -0.05) is 0 Å². The fraction of sp³-hybridized carbons (Fsp3) is 0.833. The molecule has 11 heavy (non-hydrogen) atoms. The largest absolute Gasteiger partial charge is 0.396 e. The molecule has 0 radical (unpaired) electrons. The predicted molar refractivity (Wildman–Crippen MR) is 37.5 cm³/mol. The zero-order valence-electron chi connectivity index (χ0n) is 6.16. The topological polar surface area (TPSA) is 104 Å². The summed E-state index contributed by atoms with van der Waals surface area (Å²) < 4.78 is 0. The van der Waals surface area contributed by atoms with E-state index in [2.05, 4.69) is 0 Å². The summed E-state index contributed by atoms with van der Waals surface area (Å²) >= 11 is 0. The lowest BCUT2D eigenvalue weighted by Crippen LogP contribution is -2.38. The Morgan fingerprint density at radius 2 is 1.55 bits per heavy atom. The maximum absolute atomic E-state index is 10.4. The maximum Gasteiger partial charge on any atom is 0.218 e. The van der Waals surface area contributed by atoms with Crippen LogP contribution in [0.5, 0.6) is 0 Å². The standard InChI is InChI=1S/C6H13NO4/c7-5(11)1-6(2-8,3-9)4-10/h8-10H,1-4H2,(H2,7,11). The van der Waals surface area contributed by atoms with Crippen LogP contribution in [-0.4, -0.2) is 41.0 Å². The van der Waals surface area contributed by atoms with Crippen molar-refractivity contribution in [1.29, 1.82) is 0 Å². The van der Waals surface area contributed by atoms with Gasteiger partial charge in [0.25, 0.3) is 0 Å². The molecule has 0 heterocycles. The first-order valence-corrected chi connectivity index (χ1v) is 3.21. The Kier molecular flexibility index (Phi) is 4.02. The number of aliphatic hydroxyl groups excluding tert-OH is 3. The average Bonchev–Trinajstić information content (AvgIpc) is 2.00. The normalized spacial score (nSPS) is 11.5. The Bertz CT molecular complexity index is 124. The Morgan fingerprint density at radius 1 is 1.18 bits per heavy atom. The molecule has 0 aromatic carbocycles. The number of carbonyl (C=O) groups is 1. The van der Waals surface area contributed by atoms with Crippen LogP contribution in [0.4, 0.5) is 0 Å². The Hall–Kier alpha value is -0.650. The van der Waals surface area contributed by atoms with E-state index in [4.69, 9.17) is 21.1 Å². The van der Waals surface area contributed by atoms with Crippen LogP contribution in [0, 0.1) is 5.41 Å². The molecule has 0 rings (SSSR count). The van der Waals surface area contributed by atoms with Gasteiger partial charge in [0.1, 0.15) is 0 Å². The molecule has 0 saturated heterocycles. The summed E-state index contributed by atoms with van der Waals surface area (Å²) in [5.41, 5.74) is 3.67. The molecule has 5 nitrogen and oxygen atoms in total. The molecule has 0 atom stereocenters. The first-order valence-electron chi connectivity index (χ1n) is 3.21. The van der Waals surface area contributed by atoms with Gasteiger partial charge in [-0.2, -0.15) is 0 Å². The van der Waals surface area contributed by atoms with Gasteiger partial charge < -0.3 is 21.1 Å². The van der Waals surface area contributed by atoms with Crippen molar-refractivity contribution >= 4 is 5.91 Å². The van der Waals surface area contributed by atoms with Gasteiger partial charge in [0.2, 0.25) is 5.91 Å². The van der Waals surface area contributed by atoms with Gasteiger partial charge in [-0.3, -0.25) is 4.79 Å². The predicted octanol–water partition coefficient (Wildman–Crippen LogP) is -2.17. The summed E-state index contributed by atoms with van der Waals surface area (Å²) in [4.78, 5) is 10.4. The molecule has 0 unspecified atom stereocenters. The summed E-state index contributed by atoms with van der Waals surface area (Å²) in [6.45, 7) is -1.37. The van der Waals surface area contributed by atoms with Gasteiger partial charge >= 0.3 is 0 Å². The van der Waals surface area contributed by atoms with E-state index >= 15 is 0 Å². The number of nitrogens with two attached hydrogens (primary N) is 1. The number of rotatable bonds is 5. The van der Waals surface area contributed by atoms with E-state index in [9.17, 15) is 4.79 Å². The number of hydrogen-bond acceptors (Lipinski definition) is 4. The van der Waals surface area contributed by atoms with Crippen LogP contribution in [0.1, 0.15) is 6.42 Å². The smallest absolute Gasteiger partial charge is 0.218 e. The minimum atomic E-state index is -1.16. The fourth-order valence-electron chi connectivity index (χ4n) is 0.687. The summed E-state index contributed by atoms with van der Waals surface area (Å²) in [7, 11) is 0. The van der Waals surface area contributed by atoms with E-state index in [0.717, 1.165) is 0 Å². The summed E-state index contributed by atoms with van der Waals surface area (Å²) in [5, 5.41) is 26.1. The second-order valence-corrected chi connectivity index (χ2v) is 2.62. The van der Waals surface area contributed by atoms with Crippen molar-refractivity contribution in [2.75, 3.05) is 19.8 Å². The maximum atomic E-state index is 10.4. The number of carbonyl (C=O) groups excluding carboxylic acids is 1. The SMILES string of the molecule is NC(=O)CC(CO)(CO)CO. The second-order valence-electron chi connectivity index (χ2n) is 2.62. The molecule has 0 aliphatic heterocycles. The van der Waals surface area contributed by atoms with Crippen LogP contribution < -0.4 is 5.73 Å². The molecule has 0 aromatic heterocycles. The highest BCUT2D eigenvalue weighted by Crippen LogP contribution is 2.18. The molecule has 0 aromatic rings. The van der Waals surface area contributed by atoms with Gasteiger partial charge in [-0.05, 0) is 0 Å². The van der Waals surface area contributed by atoms with E-state index in [1.165, 1.54) is 0 Å². The highest BCUT2D eigenvalue weighted by Gasteiger charge is 2.29. The molecule has 0 spiro atoms. The highest BCUT2D eigenvalue weighted by molar-refractivity contribution is 5.74.